The molecule has 0 saturated heterocycles. The zero-order valence-corrected chi connectivity index (χ0v) is 14.3. The van der Waals surface area contributed by atoms with Crippen LogP contribution < -0.4 is 10.1 Å². The van der Waals surface area contributed by atoms with E-state index in [2.05, 4.69) is 5.32 Å². The molecule has 0 radical (unpaired) electrons. The zero-order valence-electron chi connectivity index (χ0n) is 13.5. The van der Waals surface area contributed by atoms with Gasteiger partial charge in [0.2, 0.25) is 5.91 Å². The number of hydrogen-bond acceptors (Lipinski definition) is 4. The molecule has 1 N–H and O–H groups in total. The Bertz CT molecular complexity index is 775. The fraction of sp³-hybridized carbons (Fsp3) is 0.211. The van der Waals surface area contributed by atoms with Crippen LogP contribution in [-0.4, -0.2) is 12.5 Å². The van der Waals surface area contributed by atoms with Gasteiger partial charge in [-0.25, -0.2) is 0 Å². The number of rotatable bonds is 7. The molecule has 24 heavy (non-hydrogen) atoms. The third kappa shape index (κ3) is 4.26. The standard InChI is InChI=1S/C19H19NO3S/c1-2-22-16-7-5-14(6-8-16)10-19(21)20-12-17-11-15(13-24-17)18-4-3-9-23-18/h3-9,11,13H,2,10,12H2,1H3,(H,20,21). The van der Waals surface area contributed by atoms with E-state index in [4.69, 9.17) is 9.15 Å². The third-order valence-corrected chi connectivity index (χ3v) is 4.45. The molecule has 1 amide bonds. The van der Waals surface area contributed by atoms with Gasteiger partial charge in [-0.1, -0.05) is 12.1 Å². The molecule has 3 aromatic rings. The molecule has 5 heteroatoms. The van der Waals surface area contributed by atoms with Crippen LogP contribution in [0, 0.1) is 0 Å². The first-order chi connectivity index (χ1) is 11.7. The summed E-state index contributed by atoms with van der Waals surface area (Å²) in [6.45, 7) is 3.12. The Morgan fingerprint density at radius 3 is 2.79 bits per heavy atom. The molecule has 0 aliphatic rings. The summed E-state index contributed by atoms with van der Waals surface area (Å²) in [5.41, 5.74) is 2.01. The average molecular weight is 341 g/mol. The molecule has 0 fully saturated rings. The van der Waals surface area contributed by atoms with E-state index in [1.807, 2.05) is 54.8 Å². The maximum absolute atomic E-state index is 12.1. The second kappa shape index (κ2) is 7.84. The number of carbonyl (C=O) groups excluding carboxylic acids is 1. The smallest absolute Gasteiger partial charge is 0.224 e. The van der Waals surface area contributed by atoms with Crippen molar-refractivity contribution in [1.29, 1.82) is 0 Å². The molecule has 0 bridgehead atoms. The van der Waals surface area contributed by atoms with Gasteiger partial charge >= 0.3 is 0 Å². The van der Waals surface area contributed by atoms with Crippen molar-refractivity contribution < 1.29 is 13.9 Å². The largest absolute Gasteiger partial charge is 0.494 e. The van der Waals surface area contributed by atoms with Gasteiger partial charge in [-0.2, -0.15) is 0 Å². The van der Waals surface area contributed by atoms with Gasteiger partial charge in [0.1, 0.15) is 11.5 Å². The number of hydrogen-bond donors (Lipinski definition) is 1. The number of benzene rings is 1. The number of carbonyl (C=O) groups is 1. The van der Waals surface area contributed by atoms with E-state index in [1.165, 1.54) is 0 Å². The zero-order chi connectivity index (χ0) is 16.8. The highest BCUT2D eigenvalue weighted by molar-refractivity contribution is 7.10. The van der Waals surface area contributed by atoms with Crippen molar-refractivity contribution in [2.75, 3.05) is 6.61 Å². The monoisotopic (exact) mass is 341 g/mol. The minimum Gasteiger partial charge on any atom is -0.494 e. The van der Waals surface area contributed by atoms with Gasteiger partial charge in [-0.15, -0.1) is 11.3 Å². The Morgan fingerprint density at radius 2 is 2.08 bits per heavy atom. The van der Waals surface area contributed by atoms with Gasteiger partial charge in [0, 0.05) is 15.8 Å². The highest BCUT2D eigenvalue weighted by Crippen LogP contribution is 2.25. The van der Waals surface area contributed by atoms with Gasteiger partial charge in [-0.3, -0.25) is 4.79 Å². The van der Waals surface area contributed by atoms with E-state index in [0.717, 1.165) is 27.5 Å². The van der Waals surface area contributed by atoms with Crippen LogP contribution in [0.4, 0.5) is 0 Å². The highest BCUT2D eigenvalue weighted by atomic mass is 32.1. The normalized spacial score (nSPS) is 10.5. The quantitative estimate of drug-likeness (QED) is 0.698. The van der Waals surface area contributed by atoms with Gasteiger partial charge in [0.15, 0.2) is 0 Å². The Balaban J connectivity index is 1.50. The van der Waals surface area contributed by atoms with Crippen LogP contribution in [0.15, 0.2) is 58.5 Å². The minimum atomic E-state index is 0.00658. The lowest BCUT2D eigenvalue weighted by molar-refractivity contribution is -0.120. The summed E-state index contributed by atoms with van der Waals surface area (Å²) in [5, 5.41) is 4.99. The summed E-state index contributed by atoms with van der Waals surface area (Å²) < 4.78 is 10.8. The van der Waals surface area contributed by atoms with Crippen molar-refractivity contribution in [3.05, 3.63) is 64.5 Å². The first-order valence-corrected chi connectivity index (χ1v) is 8.72. The lowest BCUT2D eigenvalue weighted by Crippen LogP contribution is -2.24. The van der Waals surface area contributed by atoms with Crippen molar-refractivity contribution in [3.8, 4) is 17.1 Å². The Hall–Kier alpha value is -2.53. The molecule has 0 aliphatic carbocycles. The minimum absolute atomic E-state index is 0.00658. The second-order valence-electron chi connectivity index (χ2n) is 5.31. The van der Waals surface area contributed by atoms with E-state index in [0.29, 0.717) is 19.6 Å². The summed E-state index contributed by atoms with van der Waals surface area (Å²) in [5.74, 6) is 1.68. The fourth-order valence-electron chi connectivity index (χ4n) is 2.35. The van der Waals surface area contributed by atoms with Crippen LogP contribution in [-0.2, 0) is 17.8 Å². The maximum atomic E-state index is 12.1. The van der Waals surface area contributed by atoms with Crippen LogP contribution in [0.25, 0.3) is 11.3 Å². The van der Waals surface area contributed by atoms with Gasteiger partial charge in [0.25, 0.3) is 0 Å². The van der Waals surface area contributed by atoms with Gasteiger partial charge in [0.05, 0.1) is 25.8 Å². The molecule has 124 valence electrons. The van der Waals surface area contributed by atoms with E-state index >= 15 is 0 Å². The molecule has 0 unspecified atom stereocenters. The maximum Gasteiger partial charge on any atom is 0.224 e. The molecule has 4 nitrogen and oxygen atoms in total. The van der Waals surface area contributed by atoms with Crippen molar-refractivity contribution in [2.24, 2.45) is 0 Å². The molecular formula is C19H19NO3S. The molecule has 0 aliphatic heterocycles. The summed E-state index contributed by atoms with van der Waals surface area (Å²) in [7, 11) is 0. The average Bonchev–Trinajstić information content (AvgIpc) is 3.26. The number of thiophene rings is 1. The molecule has 3 rings (SSSR count). The predicted octanol–water partition coefficient (Wildman–Crippen LogP) is 4.27. The number of amides is 1. The van der Waals surface area contributed by atoms with Crippen molar-refractivity contribution in [2.45, 2.75) is 19.9 Å². The first kappa shape index (κ1) is 16.3. The molecule has 2 heterocycles. The van der Waals surface area contributed by atoms with Crippen LogP contribution in [0.2, 0.25) is 0 Å². The van der Waals surface area contributed by atoms with Gasteiger partial charge < -0.3 is 14.5 Å². The number of ether oxygens (including phenoxy) is 1. The third-order valence-electron chi connectivity index (χ3n) is 3.52. The van der Waals surface area contributed by atoms with Crippen molar-refractivity contribution in [3.63, 3.8) is 0 Å². The summed E-state index contributed by atoms with van der Waals surface area (Å²) >= 11 is 1.61. The fourth-order valence-corrected chi connectivity index (χ4v) is 3.16. The summed E-state index contributed by atoms with van der Waals surface area (Å²) in [4.78, 5) is 13.2. The summed E-state index contributed by atoms with van der Waals surface area (Å²) in [6.07, 6.45) is 2.02. The Kier molecular flexibility index (Phi) is 5.33. The number of furan rings is 1. The van der Waals surface area contributed by atoms with Crippen LogP contribution in [0.1, 0.15) is 17.4 Å². The predicted molar refractivity (Wildman–Crippen MR) is 95.2 cm³/mol. The Labute approximate surface area is 145 Å². The lowest BCUT2D eigenvalue weighted by atomic mass is 10.1. The van der Waals surface area contributed by atoms with Crippen molar-refractivity contribution in [1.82, 2.24) is 5.32 Å². The van der Waals surface area contributed by atoms with Crippen LogP contribution in [0.5, 0.6) is 5.75 Å². The van der Waals surface area contributed by atoms with Gasteiger partial charge in [-0.05, 0) is 42.8 Å². The molecule has 0 saturated carbocycles. The lowest BCUT2D eigenvalue weighted by Gasteiger charge is -2.06. The number of nitrogens with one attached hydrogen (secondary N) is 1. The van der Waals surface area contributed by atoms with E-state index in [9.17, 15) is 4.79 Å². The van der Waals surface area contributed by atoms with Crippen molar-refractivity contribution >= 4 is 17.2 Å². The highest BCUT2D eigenvalue weighted by Gasteiger charge is 2.07. The summed E-state index contributed by atoms with van der Waals surface area (Å²) in [6, 6.07) is 13.5. The van der Waals surface area contributed by atoms with E-state index in [-0.39, 0.29) is 5.91 Å². The molecule has 1 aromatic carbocycles. The van der Waals surface area contributed by atoms with E-state index < -0.39 is 0 Å². The van der Waals surface area contributed by atoms with Crippen LogP contribution in [0.3, 0.4) is 0 Å². The second-order valence-corrected chi connectivity index (χ2v) is 6.31. The molecule has 0 spiro atoms. The topological polar surface area (TPSA) is 51.5 Å². The van der Waals surface area contributed by atoms with E-state index in [1.54, 1.807) is 17.6 Å². The molecule has 0 atom stereocenters. The first-order valence-electron chi connectivity index (χ1n) is 7.84. The molecular weight excluding hydrogens is 322 g/mol. The SMILES string of the molecule is CCOc1ccc(CC(=O)NCc2cc(-c3ccco3)cs2)cc1. The Morgan fingerprint density at radius 1 is 1.25 bits per heavy atom. The van der Waals surface area contributed by atoms with Crippen LogP contribution >= 0.6 is 11.3 Å². The molecule has 2 aromatic heterocycles.